The van der Waals surface area contributed by atoms with Gasteiger partial charge in [0.15, 0.2) is 0 Å². The van der Waals surface area contributed by atoms with Crippen LogP contribution < -0.4 is 5.32 Å². The molecule has 0 saturated carbocycles. The second kappa shape index (κ2) is 5.83. The molecular formula is C14H12BrN5. The summed E-state index contributed by atoms with van der Waals surface area (Å²) in [4.78, 5) is 0. The zero-order valence-electron chi connectivity index (χ0n) is 10.6. The number of rotatable bonds is 4. The Kier molecular flexibility index (Phi) is 3.73. The van der Waals surface area contributed by atoms with E-state index in [1.807, 2.05) is 36.4 Å². The van der Waals surface area contributed by atoms with E-state index in [2.05, 4.69) is 48.9 Å². The molecule has 0 saturated heterocycles. The van der Waals surface area contributed by atoms with Gasteiger partial charge in [0.05, 0.1) is 5.69 Å². The van der Waals surface area contributed by atoms with Gasteiger partial charge in [-0.2, -0.15) is 0 Å². The molecule has 1 N–H and O–H groups in total. The second-order valence-electron chi connectivity index (χ2n) is 4.28. The maximum Gasteiger partial charge on any atom is 0.143 e. The number of benzene rings is 2. The first kappa shape index (κ1) is 12.8. The topological polar surface area (TPSA) is 55.6 Å². The number of nitrogens with zero attached hydrogens (tertiary/aromatic N) is 4. The Morgan fingerprint density at radius 3 is 2.40 bits per heavy atom. The predicted molar refractivity (Wildman–Crippen MR) is 80.6 cm³/mol. The van der Waals surface area contributed by atoms with Crippen LogP contribution in [0, 0.1) is 0 Å². The molecule has 5 nitrogen and oxygen atoms in total. The lowest BCUT2D eigenvalue weighted by atomic mass is 10.2. The van der Waals surface area contributed by atoms with E-state index >= 15 is 0 Å². The monoisotopic (exact) mass is 329 g/mol. The molecule has 1 aromatic heterocycles. The number of hydrogen-bond donors (Lipinski definition) is 1. The van der Waals surface area contributed by atoms with Gasteiger partial charge in [0.25, 0.3) is 0 Å². The van der Waals surface area contributed by atoms with Crippen molar-refractivity contribution in [3.63, 3.8) is 0 Å². The van der Waals surface area contributed by atoms with Crippen LogP contribution in [0.2, 0.25) is 0 Å². The minimum Gasteiger partial charge on any atom is -0.381 e. The molecule has 0 fully saturated rings. The van der Waals surface area contributed by atoms with Crippen LogP contribution in [-0.2, 0) is 6.54 Å². The summed E-state index contributed by atoms with van der Waals surface area (Å²) in [5, 5.41) is 14.5. The molecule has 3 aromatic rings. The van der Waals surface area contributed by atoms with E-state index in [4.69, 9.17) is 0 Å². The van der Waals surface area contributed by atoms with Gasteiger partial charge in [0.2, 0.25) is 0 Å². The Bertz CT molecular complexity index is 662. The summed E-state index contributed by atoms with van der Waals surface area (Å²) < 4.78 is 2.71. The first-order chi connectivity index (χ1) is 9.81. The number of nitrogens with one attached hydrogen (secondary N) is 1. The summed E-state index contributed by atoms with van der Waals surface area (Å²) in [7, 11) is 0. The highest BCUT2D eigenvalue weighted by molar-refractivity contribution is 9.10. The summed E-state index contributed by atoms with van der Waals surface area (Å²) in [6, 6.07) is 16.2. The number of hydrogen-bond acceptors (Lipinski definition) is 4. The molecule has 2 aromatic carbocycles. The summed E-state index contributed by atoms with van der Waals surface area (Å²) in [6.45, 7) is 0.789. The van der Waals surface area contributed by atoms with Crippen LogP contribution in [0.1, 0.15) is 5.56 Å². The fourth-order valence-electron chi connectivity index (χ4n) is 1.82. The van der Waals surface area contributed by atoms with Gasteiger partial charge in [-0.05, 0) is 52.4 Å². The maximum absolute atomic E-state index is 3.85. The van der Waals surface area contributed by atoms with E-state index in [0.717, 1.165) is 22.4 Å². The number of halogens is 1. The van der Waals surface area contributed by atoms with Crippen LogP contribution >= 0.6 is 15.9 Å². The fourth-order valence-corrected chi connectivity index (χ4v) is 2.08. The largest absolute Gasteiger partial charge is 0.381 e. The Morgan fingerprint density at radius 1 is 1.00 bits per heavy atom. The SMILES string of the molecule is Brc1ccc(CNc2ccc(-n3cnnn3)cc2)cc1. The quantitative estimate of drug-likeness (QED) is 0.799. The van der Waals surface area contributed by atoms with Crippen molar-refractivity contribution in [2.45, 2.75) is 6.54 Å². The van der Waals surface area contributed by atoms with Gasteiger partial charge < -0.3 is 5.32 Å². The van der Waals surface area contributed by atoms with Crippen LogP contribution in [-0.4, -0.2) is 20.2 Å². The molecule has 0 aliphatic rings. The van der Waals surface area contributed by atoms with Gasteiger partial charge in [-0.15, -0.1) is 5.10 Å². The Labute approximate surface area is 124 Å². The summed E-state index contributed by atoms with van der Waals surface area (Å²) in [5.41, 5.74) is 3.23. The molecule has 1 heterocycles. The van der Waals surface area contributed by atoms with E-state index in [9.17, 15) is 0 Å². The first-order valence-corrected chi connectivity index (χ1v) is 6.92. The van der Waals surface area contributed by atoms with Crippen LogP contribution in [0.4, 0.5) is 5.69 Å². The second-order valence-corrected chi connectivity index (χ2v) is 5.20. The highest BCUT2D eigenvalue weighted by Gasteiger charge is 1.98. The number of tetrazole rings is 1. The molecule has 3 rings (SSSR count). The third kappa shape index (κ3) is 3.03. The molecule has 0 atom stereocenters. The zero-order valence-corrected chi connectivity index (χ0v) is 12.2. The molecule has 0 bridgehead atoms. The van der Waals surface area contributed by atoms with Gasteiger partial charge in [0, 0.05) is 16.7 Å². The minimum absolute atomic E-state index is 0.789. The van der Waals surface area contributed by atoms with E-state index in [1.165, 1.54) is 5.56 Å². The smallest absolute Gasteiger partial charge is 0.143 e. The van der Waals surface area contributed by atoms with Crippen LogP contribution in [0.5, 0.6) is 0 Å². The van der Waals surface area contributed by atoms with Crippen LogP contribution in [0.25, 0.3) is 5.69 Å². The molecule has 0 radical (unpaired) electrons. The lowest BCUT2D eigenvalue weighted by Crippen LogP contribution is -2.00. The van der Waals surface area contributed by atoms with Crippen molar-refractivity contribution in [1.82, 2.24) is 20.2 Å². The van der Waals surface area contributed by atoms with Crippen molar-refractivity contribution < 1.29 is 0 Å². The average molecular weight is 330 g/mol. The van der Waals surface area contributed by atoms with Gasteiger partial charge in [-0.1, -0.05) is 28.1 Å². The van der Waals surface area contributed by atoms with Gasteiger partial charge in [-0.25, -0.2) is 4.68 Å². The van der Waals surface area contributed by atoms with Crippen molar-refractivity contribution >= 4 is 21.6 Å². The molecule has 0 spiro atoms. The van der Waals surface area contributed by atoms with Crippen molar-refractivity contribution in [2.75, 3.05) is 5.32 Å². The zero-order chi connectivity index (χ0) is 13.8. The summed E-state index contributed by atoms with van der Waals surface area (Å²) >= 11 is 3.43. The molecule has 0 aliphatic heterocycles. The lowest BCUT2D eigenvalue weighted by molar-refractivity contribution is 0.789. The van der Waals surface area contributed by atoms with E-state index < -0.39 is 0 Å². The molecule has 0 aliphatic carbocycles. The lowest BCUT2D eigenvalue weighted by Gasteiger charge is -2.07. The number of aromatic nitrogens is 4. The van der Waals surface area contributed by atoms with Crippen molar-refractivity contribution in [2.24, 2.45) is 0 Å². The third-order valence-corrected chi connectivity index (χ3v) is 3.42. The van der Waals surface area contributed by atoms with Crippen molar-refractivity contribution in [3.8, 4) is 5.69 Å². The molecule has 20 heavy (non-hydrogen) atoms. The normalized spacial score (nSPS) is 10.4. The summed E-state index contributed by atoms with van der Waals surface area (Å²) in [6.07, 6.45) is 1.57. The van der Waals surface area contributed by atoms with Gasteiger partial charge in [0.1, 0.15) is 6.33 Å². The minimum atomic E-state index is 0.789. The first-order valence-electron chi connectivity index (χ1n) is 6.13. The molecule has 6 heteroatoms. The van der Waals surface area contributed by atoms with Crippen molar-refractivity contribution in [3.05, 3.63) is 64.9 Å². The third-order valence-electron chi connectivity index (χ3n) is 2.89. The van der Waals surface area contributed by atoms with E-state index in [-0.39, 0.29) is 0 Å². The Balaban J connectivity index is 1.65. The summed E-state index contributed by atoms with van der Waals surface area (Å²) in [5.74, 6) is 0. The molecular weight excluding hydrogens is 318 g/mol. The number of anilines is 1. The maximum atomic E-state index is 3.85. The van der Waals surface area contributed by atoms with Gasteiger partial charge >= 0.3 is 0 Å². The highest BCUT2D eigenvalue weighted by atomic mass is 79.9. The Hall–Kier alpha value is -2.21. The predicted octanol–water partition coefficient (Wildman–Crippen LogP) is 3.04. The van der Waals surface area contributed by atoms with Crippen LogP contribution in [0.3, 0.4) is 0 Å². The molecule has 0 unspecified atom stereocenters. The Morgan fingerprint density at radius 2 is 1.75 bits per heavy atom. The highest BCUT2D eigenvalue weighted by Crippen LogP contribution is 2.15. The van der Waals surface area contributed by atoms with Gasteiger partial charge in [-0.3, -0.25) is 0 Å². The standard InChI is InChI=1S/C14H12BrN5/c15-12-3-1-11(2-4-12)9-16-13-5-7-14(8-6-13)20-10-17-18-19-20/h1-8,10,16H,9H2. The van der Waals surface area contributed by atoms with E-state index in [0.29, 0.717) is 0 Å². The molecule has 0 amide bonds. The fraction of sp³-hybridized carbons (Fsp3) is 0.0714. The molecule has 100 valence electrons. The average Bonchev–Trinajstić information content (AvgIpc) is 3.01. The van der Waals surface area contributed by atoms with E-state index in [1.54, 1.807) is 11.0 Å². The van der Waals surface area contributed by atoms with Crippen LogP contribution in [0.15, 0.2) is 59.3 Å². The van der Waals surface area contributed by atoms with Crippen molar-refractivity contribution in [1.29, 1.82) is 0 Å².